The molecule has 17 heavy (non-hydrogen) atoms. The van der Waals surface area contributed by atoms with Crippen LogP contribution in [0, 0.1) is 0 Å². The minimum absolute atomic E-state index is 0.00546. The fraction of sp³-hybridized carbons (Fsp3) is 0.222. The van der Waals surface area contributed by atoms with Crippen molar-refractivity contribution >= 4 is 17.2 Å². The molecule has 1 aromatic rings. The summed E-state index contributed by atoms with van der Waals surface area (Å²) >= 11 is 4.35. The number of hydrogen-bond acceptors (Lipinski definition) is 1. The molecule has 1 nitrogen and oxygen atoms in total. The van der Waals surface area contributed by atoms with Gasteiger partial charge in [-0.3, -0.25) is 0 Å². The van der Waals surface area contributed by atoms with Crippen LogP contribution in [0.2, 0.25) is 0 Å². The zero-order valence-electron chi connectivity index (χ0n) is 7.99. The lowest BCUT2D eigenvalue weighted by atomic mass is 10.0. The van der Waals surface area contributed by atoms with E-state index in [9.17, 15) is 26.3 Å². The van der Waals surface area contributed by atoms with Crippen molar-refractivity contribution in [3.05, 3.63) is 34.9 Å². The Balaban J connectivity index is 3.46. The average molecular weight is 273 g/mol. The smallest absolute Gasteiger partial charge is 0.389 e. The molecule has 1 rings (SSSR count). The quantitative estimate of drug-likeness (QED) is 0.627. The summed E-state index contributed by atoms with van der Waals surface area (Å²) in [5.41, 5.74) is 1.51. The Labute approximate surface area is 97.2 Å². The maximum atomic E-state index is 12.5. The first-order chi connectivity index (χ1) is 7.53. The number of halogens is 6. The molecule has 0 heterocycles. The summed E-state index contributed by atoms with van der Waals surface area (Å²) in [6.07, 6.45) is -9.80. The van der Waals surface area contributed by atoms with Crippen LogP contribution >= 0.6 is 12.2 Å². The Morgan fingerprint density at radius 3 is 1.88 bits per heavy atom. The Morgan fingerprint density at radius 2 is 1.53 bits per heavy atom. The van der Waals surface area contributed by atoms with Crippen molar-refractivity contribution in [2.24, 2.45) is 5.73 Å². The molecule has 0 fully saturated rings. The molecule has 0 saturated carbocycles. The maximum absolute atomic E-state index is 12.5. The van der Waals surface area contributed by atoms with Gasteiger partial charge in [0.1, 0.15) is 4.99 Å². The van der Waals surface area contributed by atoms with Crippen LogP contribution < -0.4 is 5.73 Å². The number of rotatable bonds is 1. The van der Waals surface area contributed by atoms with Gasteiger partial charge in [0.2, 0.25) is 0 Å². The van der Waals surface area contributed by atoms with E-state index in [-0.39, 0.29) is 6.07 Å². The second-order valence-electron chi connectivity index (χ2n) is 3.12. The molecular weight excluding hydrogens is 268 g/mol. The number of benzene rings is 1. The lowest BCUT2D eigenvalue weighted by molar-refractivity contribution is -0.143. The highest BCUT2D eigenvalue weighted by atomic mass is 32.1. The van der Waals surface area contributed by atoms with E-state index < -0.39 is 34.0 Å². The molecule has 0 aliphatic heterocycles. The highest BCUT2D eigenvalue weighted by molar-refractivity contribution is 7.80. The van der Waals surface area contributed by atoms with Gasteiger partial charge in [0.05, 0.1) is 11.1 Å². The fourth-order valence-electron chi connectivity index (χ4n) is 1.17. The van der Waals surface area contributed by atoms with Crippen molar-refractivity contribution in [1.82, 2.24) is 0 Å². The highest BCUT2D eigenvalue weighted by Crippen LogP contribution is 2.37. The lowest BCUT2D eigenvalue weighted by Crippen LogP contribution is -2.19. The molecule has 0 aliphatic carbocycles. The van der Waals surface area contributed by atoms with Crippen LogP contribution in [-0.2, 0) is 12.4 Å². The number of nitrogens with two attached hydrogens (primary N) is 1. The highest BCUT2D eigenvalue weighted by Gasteiger charge is 2.38. The van der Waals surface area contributed by atoms with Gasteiger partial charge in [0, 0.05) is 5.56 Å². The predicted octanol–water partition coefficient (Wildman–Crippen LogP) is 3.36. The van der Waals surface area contributed by atoms with Crippen LogP contribution in [0.15, 0.2) is 18.2 Å². The minimum atomic E-state index is -4.94. The zero-order valence-corrected chi connectivity index (χ0v) is 8.80. The van der Waals surface area contributed by atoms with Crippen LogP contribution in [0.3, 0.4) is 0 Å². The van der Waals surface area contributed by atoms with Crippen molar-refractivity contribution in [3.63, 3.8) is 0 Å². The second-order valence-corrected chi connectivity index (χ2v) is 3.56. The Hall–Kier alpha value is -1.31. The van der Waals surface area contributed by atoms with Crippen molar-refractivity contribution in [3.8, 4) is 0 Å². The molecule has 0 bridgehead atoms. The molecule has 0 radical (unpaired) electrons. The fourth-order valence-corrected chi connectivity index (χ4v) is 1.35. The number of thiocarbonyl (C=S) groups is 1. The van der Waals surface area contributed by atoms with Crippen LogP contribution in [0.4, 0.5) is 26.3 Å². The molecule has 8 heteroatoms. The summed E-state index contributed by atoms with van der Waals surface area (Å²) in [7, 11) is 0. The van der Waals surface area contributed by atoms with Gasteiger partial charge in [0.25, 0.3) is 0 Å². The molecule has 0 atom stereocenters. The van der Waals surface area contributed by atoms with Crippen LogP contribution in [0.25, 0.3) is 0 Å². The summed E-state index contributed by atoms with van der Waals surface area (Å²) in [4.78, 5) is -0.606. The topological polar surface area (TPSA) is 26.0 Å². The van der Waals surface area contributed by atoms with Crippen molar-refractivity contribution in [2.45, 2.75) is 12.4 Å². The molecule has 94 valence electrons. The van der Waals surface area contributed by atoms with Crippen LogP contribution in [-0.4, -0.2) is 4.99 Å². The van der Waals surface area contributed by atoms with Crippen LogP contribution in [0.5, 0.6) is 0 Å². The van der Waals surface area contributed by atoms with Gasteiger partial charge < -0.3 is 5.73 Å². The van der Waals surface area contributed by atoms with E-state index in [1.165, 1.54) is 0 Å². The number of alkyl halides is 6. The van der Waals surface area contributed by atoms with Gasteiger partial charge in [-0.05, 0) is 12.1 Å². The average Bonchev–Trinajstić information content (AvgIpc) is 2.14. The summed E-state index contributed by atoms with van der Waals surface area (Å²) in [6.45, 7) is 0. The summed E-state index contributed by atoms with van der Waals surface area (Å²) < 4.78 is 74.3. The maximum Gasteiger partial charge on any atom is 0.417 e. The number of hydrogen-bond donors (Lipinski definition) is 1. The third-order valence-corrected chi connectivity index (χ3v) is 2.14. The van der Waals surface area contributed by atoms with Gasteiger partial charge in [-0.25, -0.2) is 0 Å². The van der Waals surface area contributed by atoms with Gasteiger partial charge in [-0.2, -0.15) is 26.3 Å². The molecule has 2 N–H and O–H groups in total. The molecule has 0 spiro atoms. The molecule has 0 aromatic heterocycles. The predicted molar refractivity (Wildman–Crippen MR) is 52.3 cm³/mol. The molecule has 0 unspecified atom stereocenters. The van der Waals surface area contributed by atoms with E-state index in [0.29, 0.717) is 12.1 Å². The Bertz CT molecular complexity index is 448. The first-order valence-corrected chi connectivity index (χ1v) is 4.52. The summed E-state index contributed by atoms with van der Waals surface area (Å²) in [5, 5.41) is 0. The van der Waals surface area contributed by atoms with Crippen molar-refractivity contribution < 1.29 is 26.3 Å². The SMILES string of the molecule is NC(=S)c1ccc(C(F)(F)F)cc1C(F)(F)F. The zero-order chi connectivity index (χ0) is 13.4. The molecule has 1 aromatic carbocycles. The molecule has 0 saturated heterocycles. The van der Waals surface area contributed by atoms with Crippen molar-refractivity contribution in [2.75, 3.05) is 0 Å². The van der Waals surface area contributed by atoms with E-state index in [2.05, 4.69) is 12.2 Å². The third-order valence-electron chi connectivity index (χ3n) is 1.92. The second kappa shape index (κ2) is 4.17. The summed E-state index contributed by atoms with van der Waals surface area (Å²) in [5.74, 6) is 0. The van der Waals surface area contributed by atoms with Crippen molar-refractivity contribution in [1.29, 1.82) is 0 Å². The van der Waals surface area contributed by atoms with E-state index in [4.69, 9.17) is 5.73 Å². The first-order valence-electron chi connectivity index (χ1n) is 4.11. The minimum Gasteiger partial charge on any atom is -0.389 e. The van der Waals surface area contributed by atoms with Gasteiger partial charge in [-0.15, -0.1) is 0 Å². The van der Waals surface area contributed by atoms with E-state index in [0.717, 1.165) is 0 Å². The van der Waals surface area contributed by atoms with E-state index in [1.807, 2.05) is 0 Å². The lowest BCUT2D eigenvalue weighted by Gasteiger charge is -2.14. The summed E-state index contributed by atoms with van der Waals surface area (Å²) in [6, 6.07) is 1.12. The van der Waals surface area contributed by atoms with E-state index >= 15 is 0 Å². The third kappa shape index (κ3) is 3.09. The standard InChI is InChI=1S/C9H5F6NS/c10-8(11,12)4-1-2-5(7(16)17)6(3-4)9(13,14)15/h1-3H,(H2,16,17). The van der Waals surface area contributed by atoms with Gasteiger partial charge in [0.15, 0.2) is 0 Å². The normalized spacial score (nSPS) is 12.6. The van der Waals surface area contributed by atoms with Gasteiger partial charge >= 0.3 is 12.4 Å². The van der Waals surface area contributed by atoms with Crippen LogP contribution in [0.1, 0.15) is 16.7 Å². The van der Waals surface area contributed by atoms with Gasteiger partial charge in [-0.1, -0.05) is 18.3 Å². The monoisotopic (exact) mass is 273 g/mol. The molecule has 0 aliphatic rings. The molecule has 0 amide bonds. The first kappa shape index (κ1) is 13.8. The van der Waals surface area contributed by atoms with E-state index in [1.54, 1.807) is 0 Å². The Kier molecular flexibility index (Phi) is 3.37. The Morgan fingerprint density at radius 1 is 1.00 bits per heavy atom. The largest absolute Gasteiger partial charge is 0.417 e. The molecular formula is C9H5F6NS.